The first-order valence-electron chi connectivity index (χ1n) is 7.28. The molecule has 0 aliphatic carbocycles. The van der Waals surface area contributed by atoms with Gasteiger partial charge in [-0.25, -0.2) is 0 Å². The van der Waals surface area contributed by atoms with E-state index in [1.165, 1.54) is 17.2 Å². The maximum atomic E-state index is 9.46. The highest BCUT2D eigenvalue weighted by Gasteiger charge is 2.12. The molecule has 0 saturated heterocycles. The summed E-state index contributed by atoms with van der Waals surface area (Å²) >= 11 is 0. The van der Waals surface area contributed by atoms with Crippen molar-refractivity contribution in [2.24, 2.45) is 0 Å². The van der Waals surface area contributed by atoms with Gasteiger partial charge >= 0.3 is 0 Å². The molecule has 0 atom stereocenters. The Balaban J connectivity index is 1.90. The number of nitrogens with two attached hydrogens (primary N) is 1. The minimum atomic E-state index is -0.0727. The van der Waals surface area contributed by atoms with Crippen LogP contribution in [0.3, 0.4) is 0 Å². The zero-order valence-electron chi connectivity index (χ0n) is 12.9. The molecule has 0 aliphatic rings. The van der Waals surface area contributed by atoms with Gasteiger partial charge in [0.25, 0.3) is 0 Å². The maximum absolute atomic E-state index is 9.46. The van der Waals surface area contributed by atoms with Crippen LogP contribution in [-0.2, 0) is 18.5 Å². The van der Waals surface area contributed by atoms with Crippen LogP contribution >= 0.6 is 0 Å². The molecule has 4 N–H and O–H groups in total. The van der Waals surface area contributed by atoms with Crippen LogP contribution < -0.4 is 5.32 Å². The summed E-state index contributed by atoms with van der Waals surface area (Å²) in [7, 11) is 0. The largest absolute Gasteiger partial charge is 0.504 e. The molecule has 0 amide bonds. The maximum Gasteiger partial charge on any atom is 0.157 e. The predicted octanol–water partition coefficient (Wildman–Crippen LogP) is 2.66. The van der Waals surface area contributed by atoms with Crippen LogP contribution in [0.25, 0.3) is 0 Å². The van der Waals surface area contributed by atoms with Crippen LogP contribution in [0.4, 0.5) is 0 Å². The third-order valence-corrected chi connectivity index (χ3v) is 3.62. The summed E-state index contributed by atoms with van der Waals surface area (Å²) in [4.78, 5) is 0. The molecule has 21 heavy (non-hydrogen) atoms. The van der Waals surface area contributed by atoms with Crippen LogP contribution in [0, 0.1) is 0 Å². The van der Waals surface area contributed by atoms with E-state index in [2.05, 4.69) is 50.4 Å². The van der Waals surface area contributed by atoms with Gasteiger partial charge in [0.1, 0.15) is 13.1 Å². The summed E-state index contributed by atoms with van der Waals surface area (Å²) < 4.78 is 0. The van der Waals surface area contributed by atoms with E-state index >= 15 is 0 Å². The van der Waals surface area contributed by atoms with Gasteiger partial charge in [0.05, 0.1) is 0 Å². The van der Waals surface area contributed by atoms with Crippen LogP contribution in [0.2, 0.25) is 0 Å². The average Bonchev–Trinajstić information content (AvgIpc) is 2.42. The minimum absolute atomic E-state index is 0.0598. The lowest BCUT2D eigenvalue weighted by Crippen LogP contribution is -2.80. The fourth-order valence-corrected chi connectivity index (χ4v) is 2.24. The number of hydrogen-bond donors (Lipinski definition) is 3. The normalized spacial score (nSPS) is 11.6. The van der Waals surface area contributed by atoms with E-state index in [0.29, 0.717) is 0 Å². The van der Waals surface area contributed by atoms with E-state index in [-0.39, 0.29) is 16.9 Å². The molecule has 0 unspecified atom stereocenters. The fraction of sp³-hybridized carbons (Fsp3) is 0.333. The minimum Gasteiger partial charge on any atom is -0.504 e. The van der Waals surface area contributed by atoms with Gasteiger partial charge in [-0.15, -0.1) is 0 Å². The van der Waals surface area contributed by atoms with Crippen molar-refractivity contribution in [3.8, 4) is 11.5 Å². The Kier molecular flexibility index (Phi) is 4.53. The van der Waals surface area contributed by atoms with Crippen molar-refractivity contribution < 1.29 is 15.5 Å². The van der Waals surface area contributed by atoms with Crippen LogP contribution in [0.15, 0.2) is 42.5 Å². The molecule has 0 saturated carbocycles. The van der Waals surface area contributed by atoms with Crippen molar-refractivity contribution in [3.63, 3.8) is 0 Å². The molecule has 0 fully saturated rings. The molecule has 2 aromatic rings. The Morgan fingerprint density at radius 1 is 0.810 bits per heavy atom. The predicted molar refractivity (Wildman–Crippen MR) is 84.2 cm³/mol. The molecular formula is C18H24NO2+. The van der Waals surface area contributed by atoms with Gasteiger partial charge in [-0.3, -0.25) is 0 Å². The van der Waals surface area contributed by atoms with E-state index in [1.54, 1.807) is 6.07 Å². The van der Waals surface area contributed by atoms with E-state index in [0.717, 1.165) is 18.7 Å². The highest BCUT2D eigenvalue weighted by molar-refractivity contribution is 5.40. The van der Waals surface area contributed by atoms with E-state index in [4.69, 9.17) is 0 Å². The van der Waals surface area contributed by atoms with Crippen LogP contribution in [0.1, 0.15) is 37.5 Å². The van der Waals surface area contributed by atoms with Crippen molar-refractivity contribution in [2.75, 3.05) is 0 Å². The monoisotopic (exact) mass is 286 g/mol. The van der Waals surface area contributed by atoms with Gasteiger partial charge in [0.15, 0.2) is 11.5 Å². The lowest BCUT2D eigenvalue weighted by Gasteiger charge is -2.18. The molecule has 2 aromatic carbocycles. The summed E-state index contributed by atoms with van der Waals surface area (Å²) in [6.07, 6.45) is 0. The topological polar surface area (TPSA) is 57.1 Å². The molecule has 112 valence electrons. The van der Waals surface area contributed by atoms with Crippen molar-refractivity contribution in [1.82, 2.24) is 0 Å². The highest BCUT2D eigenvalue weighted by atomic mass is 16.3. The van der Waals surface area contributed by atoms with E-state index < -0.39 is 0 Å². The number of benzene rings is 2. The highest BCUT2D eigenvalue weighted by Crippen LogP contribution is 2.24. The number of phenols is 2. The number of hydrogen-bond acceptors (Lipinski definition) is 2. The summed E-state index contributed by atoms with van der Waals surface area (Å²) in [6.45, 7) is 8.31. The molecular weight excluding hydrogens is 262 g/mol. The molecule has 0 aromatic heterocycles. The van der Waals surface area contributed by atoms with Crippen molar-refractivity contribution in [1.29, 1.82) is 0 Å². The Hall–Kier alpha value is -2.00. The van der Waals surface area contributed by atoms with Crippen molar-refractivity contribution in [2.45, 2.75) is 39.3 Å². The first-order chi connectivity index (χ1) is 9.86. The molecule has 0 bridgehead atoms. The second kappa shape index (κ2) is 6.19. The third-order valence-electron chi connectivity index (χ3n) is 3.62. The van der Waals surface area contributed by atoms with Crippen LogP contribution in [0.5, 0.6) is 11.5 Å². The SMILES string of the molecule is CC(C)(C)c1ccc(C[NH2+]Cc2ccc(O)c(O)c2)cc1. The van der Waals surface area contributed by atoms with Gasteiger partial charge in [-0.2, -0.15) is 0 Å². The number of phenolic OH excluding ortho intramolecular Hbond substituents is 2. The Labute approximate surface area is 126 Å². The zero-order valence-corrected chi connectivity index (χ0v) is 12.9. The lowest BCUT2D eigenvalue weighted by molar-refractivity contribution is -0.686. The summed E-state index contributed by atoms with van der Waals surface area (Å²) in [5, 5.41) is 20.9. The second-order valence-corrected chi connectivity index (χ2v) is 6.47. The molecule has 0 radical (unpaired) electrons. The first kappa shape index (κ1) is 15.4. The Morgan fingerprint density at radius 2 is 1.38 bits per heavy atom. The van der Waals surface area contributed by atoms with Gasteiger partial charge in [0.2, 0.25) is 0 Å². The number of quaternary nitrogens is 1. The smallest absolute Gasteiger partial charge is 0.157 e. The van der Waals surface area contributed by atoms with E-state index in [1.807, 2.05) is 6.07 Å². The summed E-state index contributed by atoms with van der Waals surface area (Å²) in [6, 6.07) is 13.7. The Morgan fingerprint density at radius 3 is 1.95 bits per heavy atom. The van der Waals surface area contributed by atoms with Crippen molar-refractivity contribution >= 4 is 0 Å². The molecule has 2 rings (SSSR count). The number of aromatic hydroxyl groups is 2. The zero-order chi connectivity index (χ0) is 15.5. The summed E-state index contributed by atoms with van der Waals surface area (Å²) in [5.74, 6) is -0.132. The quantitative estimate of drug-likeness (QED) is 0.757. The Bertz CT molecular complexity index is 598. The van der Waals surface area contributed by atoms with Gasteiger partial charge < -0.3 is 15.5 Å². The first-order valence-corrected chi connectivity index (χ1v) is 7.28. The summed E-state index contributed by atoms with van der Waals surface area (Å²) in [5.41, 5.74) is 3.81. The van der Waals surface area contributed by atoms with Crippen molar-refractivity contribution in [3.05, 3.63) is 59.2 Å². The number of rotatable bonds is 4. The van der Waals surface area contributed by atoms with Gasteiger partial charge in [0, 0.05) is 11.1 Å². The van der Waals surface area contributed by atoms with Gasteiger partial charge in [-0.1, -0.05) is 45.0 Å². The molecule has 3 nitrogen and oxygen atoms in total. The molecule has 0 spiro atoms. The second-order valence-electron chi connectivity index (χ2n) is 6.47. The standard InChI is InChI=1S/C18H23NO2/c1-18(2,3)15-7-4-13(5-8-15)11-19-12-14-6-9-16(20)17(21)10-14/h4-10,19-21H,11-12H2,1-3H3/p+1. The molecule has 3 heteroatoms. The molecule has 0 aliphatic heterocycles. The fourth-order valence-electron chi connectivity index (χ4n) is 2.24. The van der Waals surface area contributed by atoms with E-state index in [9.17, 15) is 10.2 Å². The molecule has 0 heterocycles. The lowest BCUT2D eigenvalue weighted by atomic mass is 9.87. The average molecular weight is 286 g/mol. The third kappa shape index (κ3) is 4.23. The van der Waals surface area contributed by atoms with Crippen LogP contribution in [-0.4, -0.2) is 10.2 Å². The van der Waals surface area contributed by atoms with Gasteiger partial charge in [-0.05, 0) is 29.2 Å².